The zero-order valence-corrected chi connectivity index (χ0v) is 12.4. The molecular formula is C12H22N4O2S. The Hall–Kier alpha value is -0.760. The maximum absolute atomic E-state index is 10.5. The summed E-state index contributed by atoms with van der Waals surface area (Å²) in [6.45, 7) is 5.54. The van der Waals surface area contributed by atoms with Gasteiger partial charge in [0.15, 0.2) is 0 Å². The van der Waals surface area contributed by atoms with Gasteiger partial charge >= 0.3 is 0 Å². The van der Waals surface area contributed by atoms with E-state index >= 15 is 0 Å². The highest BCUT2D eigenvalue weighted by Gasteiger charge is 2.31. The minimum Gasteiger partial charge on any atom is -0.388 e. The van der Waals surface area contributed by atoms with Crippen LogP contribution in [0.1, 0.15) is 25.5 Å². The van der Waals surface area contributed by atoms with E-state index in [1.165, 1.54) is 11.5 Å². The molecule has 0 unspecified atom stereocenters. The third-order valence-corrected chi connectivity index (χ3v) is 4.03. The molecule has 1 saturated heterocycles. The predicted molar refractivity (Wildman–Crippen MR) is 75.4 cm³/mol. The summed E-state index contributed by atoms with van der Waals surface area (Å²) in [5.74, 6) is 0. The number of nitrogens with one attached hydrogen (secondary N) is 1. The molecule has 19 heavy (non-hydrogen) atoms. The molecule has 0 bridgehead atoms. The first-order valence-corrected chi connectivity index (χ1v) is 7.44. The molecule has 0 amide bonds. The van der Waals surface area contributed by atoms with Gasteiger partial charge in [0.2, 0.25) is 0 Å². The van der Waals surface area contributed by atoms with Gasteiger partial charge in [0.05, 0.1) is 5.60 Å². The van der Waals surface area contributed by atoms with Crippen LogP contribution in [-0.4, -0.2) is 58.5 Å². The number of rotatable bonds is 6. The van der Waals surface area contributed by atoms with E-state index in [0.29, 0.717) is 39.1 Å². The molecule has 7 heteroatoms. The average molecular weight is 286 g/mol. The third-order valence-electron chi connectivity index (χ3n) is 3.30. The largest absolute Gasteiger partial charge is 0.388 e. The Morgan fingerprint density at radius 2 is 2.21 bits per heavy atom. The first-order valence-electron chi connectivity index (χ1n) is 6.67. The normalized spacial score (nSPS) is 18.7. The zero-order valence-electron chi connectivity index (χ0n) is 11.6. The molecule has 2 N–H and O–H groups in total. The lowest BCUT2D eigenvalue weighted by Crippen LogP contribution is -2.45. The van der Waals surface area contributed by atoms with Crippen LogP contribution in [0.4, 0.5) is 5.00 Å². The summed E-state index contributed by atoms with van der Waals surface area (Å²) >= 11 is 1.38. The fourth-order valence-electron chi connectivity index (χ4n) is 2.33. The number of likely N-dealkylation sites (N-methyl/N-ethyl adjacent to an activating group) is 1. The number of nitrogens with zero attached hydrogens (tertiary/aromatic N) is 3. The van der Waals surface area contributed by atoms with E-state index in [4.69, 9.17) is 4.74 Å². The van der Waals surface area contributed by atoms with Crippen LogP contribution >= 0.6 is 11.5 Å². The van der Waals surface area contributed by atoms with E-state index in [1.807, 2.05) is 7.05 Å². The number of ether oxygens (including phenoxy) is 1. The number of anilines is 1. The molecule has 1 aromatic rings. The Balaban J connectivity index is 1.89. The number of aliphatic hydroxyl groups is 1. The van der Waals surface area contributed by atoms with Crippen molar-refractivity contribution in [2.75, 3.05) is 38.7 Å². The first kappa shape index (κ1) is 14.6. The standard InChI is InChI=1S/C12H22N4O2S/c1-3-13-11-10(14-15-19-11)8-16(2)9-12(17)4-6-18-7-5-12/h13,17H,3-9H2,1-2H3. The lowest BCUT2D eigenvalue weighted by atomic mass is 9.94. The SMILES string of the molecule is CCNc1snnc1CN(C)CC1(O)CCOCC1. The quantitative estimate of drug-likeness (QED) is 0.811. The minimum atomic E-state index is -0.630. The monoisotopic (exact) mass is 286 g/mol. The van der Waals surface area contributed by atoms with Gasteiger partial charge in [-0.1, -0.05) is 4.49 Å². The van der Waals surface area contributed by atoms with Gasteiger partial charge < -0.3 is 15.2 Å². The van der Waals surface area contributed by atoms with Crippen LogP contribution in [0.3, 0.4) is 0 Å². The summed E-state index contributed by atoms with van der Waals surface area (Å²) in [7, 11) is 2.00. The van der Waals surface area contributed by atoms with Crippen molar-refractivity contribution in [3.8, 4) is 0 Å². The maximum atomic E-state index is 10.5. The van der Waals surface area contributed by atoms with Crippen molar-refractivity contribution >= 4 is 16.5 Å². The lowest BCUT2D eigenvalue weighted by Gasteiger charge is -2.35. The van der Waals surface area contributed by atoms with Gasteiger partial charge in [-0.25, -0.2) is 0 Å². The van der Waals surface area contributed by atoms with Crippen LogP contribution in [0.5, 0.6) is 0 Å². The molecule has 2 rings (SSSR count). The second-order valence-corrected chi connectivity index (χ2v) is 5.84. The van der Waals surface area contributed by atoms with Crippen LogP contribution in [0.15, 0.2) is 0 Å². The number of aromatic nitrogens is 2. The van der Waals surface area contributed by atoms with E-state index < -0.39 is 5.60 Å². The molecule has 108 valence electrons. The Kier molecular flexibility index (Phi) is 5.09. The molecule has 0 aliphatic carbocycles. The molecule has 1 aliphatic rings. The number of hydrogen-bond acceptors (Lipinski definition) is 7. The molecule has 1 aromatic heterocycles. The van der Waals surface area contributed by atoms with E-state index in [2.05, 4.69) is 26.7 Å². The molecule has 2 heterocycles. The smallest absolute Gasteiger partial charge is 0.134 e. The summed E-state index contributed by atoms with van der Waals surface area (Å²) in [6, 6.07) is 0. The van der Waals surface area contributed by atoms with E-state index in [9.17, 15) is 5.11 Å². The van der Waals surface area contributed by atoms with Crippen molar-refractivity contribution in [2.45, 2.75) is 31.9 Å². The van der Waals surface area contributed by atoms with Gasteiger partial charge in [0.1, 0.15) is 10.7 Å². The molecule has 0 spiro atoms. The van der Waals surface area contributed by atoms with Crippen LogP contribution in [0.25, 0.3) is 0 Å². The third kappa shape index (κ3) is 4.10. The highest BCUT2D eigenvalue weighted by molar-refractivity contribution is 7.10. The van der Waals surface area contributed by atoms with E-state index in [1.54, 1.807) is 0 Å². The maximum Gasteiger partial charge on any atom is 0.134 e. The van der Waals surface area contributed by atoms with Gasteiger partial charge in [-0.15, -0.1) is 5.10 Å². The van der Waals surface area contributed by atoms with Crippen molar-refractivity contribution < 1.29 is 9.84 Å². The summed E-state index contributed by atoms with van der Waals surface area (Å²) in [4.78, 5) is 2.10. The van der Waals surface area contributed by atoms with Crippen LogP contribution < -0.4 is 5.32 Å². The Morgan fingerprint density at radius 1 is 1.47 bits per heavy atom. The summed E-state index contributed by atoms with van der Waals surface area (Å²) < 4.78 is 9.27. The van der Waals surface area contributed by atoms with E-state index in [-0.39, 0.29) is 0 Å². The summed E-state index contributed by atoms with van der Waals surface area (Å²) in [5, 5.41) is 18.9. The summed E-state index contributed by atoms with van der Waals surface area (Å²) in [6.07, 6.45) is 1.40. The second kappa shape index (κ2) is 6.60. The Labute approximate surface area is 117 Å². The fraction of sp³-hybridized carbons (Fsp3) is 0.833. The predicted octanol–water partition coefficient (Wildman–Crippen LogP) is 0.943. The Morgan fingerprint density at radius 3 is 2.89 bits per heavy atom. The van der Waals surface area contributed by atoms with Gasteiger partial charge in [0, 0.05) is 57.2 Å². The molecule has 1 aliphatic heterocycles. The molecular weight excluding hydrogens is 264 g/mol. The van der Waals surface area contributed by atoms with Crippen LogP contribution in [0.2, 0.25) is 0 Å². The highest BCUT2D eigenvalue weighted by Crippen LogP contribution is 2.23. The molecule has 0 radical (unpaired) electrons. The van der Waals surface area contributed by atoms with Gasteiger partial charge in [-0.05, 0) is 14.0 Å². The molecule has 0 aromatic carbocycles. The van der Waals surface area contributed by atoms with Crippen molar-refractivity contribution in [3.63, 3.8) is 0 Å². The van der Waals surface area contributed by atoms with Crippen molar-refractivity contribution in [1.82, 2.24) is 14.5 Å². The molecule has 0 saturated carbocycles. The first-order chi connectivity index (χ1) is 9.13. The van der Waals surface area contributed by atoms with Crippen molar-refractivity contribution in [1.29, 1.82) is 0 Å². The molecule has 1 fully saturated rings. The highest BCUT2D eigenvalue weighted by atomic mass is 32.1. The van der Waals surface area contributed by atoms with E-state index in [0.717, 1.165) is 17.2 Å². The minimum absolute atomic E-state index is 0.630. The molecule has 6 nitrogen and oxygen atoms in total. The average Bonchev–Trinajstić information content (AvgIpc) is 2.77. The lowest BCUT2D eigenvalue weighted by molar-refractivity contribution is -0.0778. The van der Waals surface area contributed by atoms with Crippen molar-refractivity contribution in [2.24, 2.45) is 0 Å². The van der Waals surface area contributed by atoms with Crippen LogP contribution in [-0.2, 0) is 11.3 Å². The fourth-order valence-corrected chi connectivity index (χ4v) is 2.97. The number of hydrogen-bond donors (Lipinski definition) is 2. The van der Waals surface area contributed by atoms with Gasteiger partial charge in [-0.2, -0.15) is 0 Å². The topological polar surface area (TPSA) is 70.5 Å². The zero-order chi connectivity index (χ0) is 13.7. The summed E-state index contributed by atoms with van der Waals surface area (Å²) in [5.41, 5.74) is 0.319. The van der Waals surface area contributed by atoms with Gasteiger partial charge in [-0.3, -0.25) is 4.90 Å². The van der Waals surface area contributed by atoms with Gasteiger partial charge in [0.25, 0.3) is 0 Å². The van der Waals surface area contributed by atoms with Crippen LogP contribution in [0, 0.1) is 0 Å². The molecule has 0 atom stereocenters. The second-order valence-electron chi connectivity index (χ2n) is 5.09. The van der Waals surface area contributed by atoms with Crippen molar-refractivity contribution in [3.05, 3.63) is 5.69 Å². The Bertz CT molecular complexity index is 393.